The first kappa shape index (κ1) is 14.8. The van der Waals surface area contributed by atoms with E-state index in [-0.39, 0.29) is 24.8 Å². The summed E-state index contributed by atoms with van der Waals surface area (Å²) < 4.78 is 0. The van der Waals surface area contributed by atoms with Crippen molar-refractivity contribution in [1.82, 2.24) is 5.32 Å². The number of carboxylic acid groups (broad SMARTS) is 1. The summed E-state index contributed by atoms with van der Waals surface area (Å²) in [6.07, 6.45) is 0.241. The van der Waals surface area contributed by atoms with E-state index in [4.69, 9.17) is 21.8 Å². The molecule has 0 fully saturated rings. The van der Waals surface area contributed by atoms with Crippen LogP contribution in [0.2, 0.25) is 5.02 Å². The summed E-state index contributed by atoms with van der Waals surface area (Å²) >= 11 is 5.82. The van der Waals surface area contributed by atoms with E-state index in [2.05, 4.69) is 5.32 Å². The molecule has 0 aliphatic rings. The average Bonchev–Trinajstić information content (AvgIpc) is 2.30. The number of phenolic OH excluding ortho intramolecular Hbond substituents is 1. The molecular formula is C12H16ClNO4. The van der Waals surface area contributed by atoms with Gasteiger partial charge in [-0.15, -0.1) is 0 Å². The van der Waals surface area contributed by atoms with Crippen LogP contribution in [0, 0.1) is 0 Å². The average molecular weight is 274 g/mol. The molecule has 0 amide bonds. The molecule has 6 heteroatoms. The van der Waals surface area contributed by atoms with Crippen molar-refractivity contribution in [2.45, 2.75) is 18.9 Å². The Balaban J connectivity index is 2.74. The number of hydrogen-bond donors (Lipinski definition) is 4. The molecule has 18 heavy (non-hydrogen) atoms. The topological polar surface area (TPSA) is 89.8 Å². The molecule has 0 heterocycles. The second-order valence-corrected chi connectivity index (χ2v) is 4.39. The van der Waals surface area contributed by atoms with Gasteiger partial charge in [-0.1, -0.05) is 11.6 Å². The zero-order valence-corrected chi connectivity index (χ0v) is 10.5. The predicted octanol–water partition coefficient (Wildman–Crippen LogP) is 1.01. The number of nitrogens with one attached hydrogen (secondary N) is 1. The highest BCUT2D eigenvalue weighted by atomic mass is 35.5. The molecule has 0 saturated carbocycles. The van der Waals surface area contributed by atoms with Gasteiger partial charge in [0.15, 0.2) is 0 Å². The number of carbonyl (C=O) groups is 1. The van der Waals surface area contributed by atoms with Gasteiger partial charge in [-0.25, -0.2) is 0 Å². The number of rotatable bonds is 7. The molecule has 5 nitrogen and oxygen atoms in total. The third-order valence-corrected chi connectivity index (χ3v) is 2.71. The number of halogens is 1. The summed E-state index contributed by atoms with van der Waals surface area (Å²) in [6.45, 7) is 0.233. The number of aliphatic hydroxyl groups excluding tert-OH is 1. The maximum Gasteiger partial charge on any atom is 0.304 e. The Hall–Kier alpha value is -1.30. The van der Waals surface area contributed by atoms with Crippen LogP contribution >= 0.6 is 11.6 Å². The Morgan fingerprint density at radius 3 is 2.78 bits per heavy atom. The minimum atomic E-state index is -0.938. The molecule has 1 atom stereocenters. The Bertz CT molecular complexity index is 411. The first-order valence-corrected chi connectivity index (χ1v) is 5.94. The minimum Gasteiger partial charge on any atom is -0.508 e. The Kier molecular flexibility index (Phi) is 5.91. The van der Waals surface area contributed by atoms with E-state index in [0.29, 0.717) is 23.6 Å². The standard InChI is InChI=1S/C12H16ClNO4/c13-9-1-2-11(16)8(5-9)6-10(7-12(17)18)14-3-4-15/h1-2,5,10,14-16H,3-4,6-7H2,(H,17,18). The summed E-state index contributed by atoms with van der Waals surface area (Å²) in [7, 11) is 0. The van der Waals surface area contributed by atoms with Crippen molar-refractivity contribution < 1.29 is 20.1 Å². The molecule has 0 aliphatic carbocycles. The third-order valence-electron chi connectivity index (χ3n) is 2.47. The fourth-order valence-corrected chi connectivity index (χ4v) is 1.87. The Morgan fingerprint density at radius 2 is 2.17 bits per heavy atom. The summed E-state index contributed by atoms with van der Waals surface area (Å²) in [6, 6.07) is 4.28. The van der Waals surface area contributed by atoms with Gasteiger partial charge >= 0.3 is 5.97 Å². The zero-order valence-electron chi connectivity index (χ0n) is 9.77. The normalized spacial score (nSPS) is 12.3. The molecule has 1 unspecified atom stereocenters. The zero-order chi connectivity index (χ0) is 13.5. The van der Waals surface area contributed by atoms with Crippen molar-refractivity contribution in [2.24, 2.45) is 0 Å². The Labute approximate surface area is 110 Å². The van der Waals surface area contributed by atoms with Gasteiger partial charge in [0.2, 0.25) is 0 Å². The monoisotopic (exact) mass is 273 g/mol. The lowest BCUT2D eigenvalue weighted by molar-refractivity contribution is -0.137. The van der Waals surface area contributed by atoms with E-state index < -0.39 is 5.97 Å². The number of carboxylic acids is 1. The largest absolute Gasteiger partial charge is 0.508 e. The van der Waals surface area contributed by atoms with Gasteiger partial charge in [-0.2, -0.15) is 0 Å². The van der Waals surface area contributed by atoms with Gasteiger partial charge in [0.1, 0.15) is 5.75 Å². The van der Waals surface area contributed by atoms with Crippen molar-refractivity contribution in [1.29, 1.82) is 0 Å². The third kappa shape index (κ3) is 4.91. The van der Waals surface area contributed by atoms with E-state index >= 15 is 0 Å². The fourth-order valence-electron chi connectivity index (χ4n) is 1.68. The second-order valence-electron chi connectivity index (χ2n) is 3.95. The van der Waals surface area contributed by atoms with Crippen molar-refractivity contribution in [3.8, 4) is 5.75 Å². The van der Waals surface area contributed by atoms with Gasteiger partial charge in [0, 0.05) is 17.6 Å². The molecule has 1 aromatic carbocycles. The van der Waals surface area contributed by atoms with E-state index in [0.717, 1.165) is 0 Å². The summed E-state index contributed by atoms with van der Waals surface area (Å²) in [5, 5.41) is 30.6. The number of benzene rings is 1. The number of aliphatic hydroxyl groups is 1. The van der Waals surface area contributed by atoms with E-state index in [9.17, 15) is 9.90 Å². The van der Waals surface area contributed by atoms with Gasteiger partial charge < -0.3 is 20.6 Å². The van der Waals surface area contributed by atoms with E-state index in [1.165, 1.54) is 6.07 Å². The lowest BCUT2D eigenvalue weighted by Gasteiger charge is -2.17. The van der Waals surface area contributed by atoms with Crippen molar-refractivity contribution >= 4 is 17.6 Å². The summed E-state index contributed by atoms with van der Waals surface area (Å²) in [4.78, 5) is 10.7. The Morgan fingerprint density at radius 1 is 1.44 bits per heavy atom. The first-order chi connectivity index (χ1) is 8.52. The maximum atomic E-state index is 10.7. The predicted molar refractivity (Wildman–Crippen MR) is 68.0 cm³/mol. The van der Waals surface area contributed by atoms with Crippen molar-refractivity contribution in [3.05, 3.63) is 28.8 Å². The van der Waals surface area contributed by atoms with Gasteiger partial charge in [0.05, 0.1) is 13.0 Å². The lowest BCUT2D eigenvalue weighted by atomic mass is 10.0. The van der Waals surface area contributed by atoms with Gasteiger partial charge in [0.25, 0.3) is 0 Å². The van der Waals surface area contributed by atoms with Gasteiger partial charge in [-0.05, 0) is 30.2 Å². The first-order valence-electron chi connectivity index (χ1n) is 5.56. The van der Waals surface area contributed by atoms with Crippen LogP contribution in [0.4, 0.5) is 0 Å². The number of aromatic hydroxyl groups is 1. The highest BCUT2D eigenvalue weighted by Crippen LogP contribution is 2.23. The van der Waals surface area contributed by atoms with E-state index in [1.807, 2.05) is 0 Å². The van der Waals surface area contributed by atoms with Crippen LogP contribution in [-0.4, -0.2) is 40.5 Å². The molecule has 0 aromatic heterocycles. The SMILES string of the molecule is O=C(O)CC(Cc1cc(Cl)ccc1O)NCCO. The lowest BCUT2D eigenvalue weighted by Crippen LogP contribution is -2.35. The van der Waals surface area contributed by atoms with Crippen LogP contribution in [0.1, 0.15) is 12.0 Å². The van der Waals surface area contributed by atoms with Crippen molar-refractivity contribution in [2.75, 3.05) is 13.2 Å². The van der Waals surface area contributed by atoms with Crippen molar-refractivity contribution in [3.63, 3.8) is 0 Å². The van der Waals surface area contributed by atoms with Crippen LogP contribution in [0.3, 0.4) is 0 Å². The van der Waals surface area contributed by atoms with Crippen LogP contribution in [0.15, 0.2) is 18.2 Å². The molecule has 0 spiro atoms. The number of phenols is 1. The number of hydrogen-bond acceptors (Lipinski definition) is 4. The number of aliphatic carboxylic acids is 1. The fraction of sp³-hybridized carbons (Fsp3) is 0.417. The van der Waals surface area contributed by atoms with E-state index in [1.54, 1.807) is 12.1 Å². The highest BCUT2D eigenvalue weighted by Gasteiger charge is 2.15. The molecule has 0 radical (unpaired) electrons. The molecule has 1 aromatic rings. The smallest absolute Gasteiger partial charge is 0.304 e. The van der Waals surface area contributed by atoms with Crippen LogP contribution in [0.5, 0.6) is 5.75 Å². The maximum absolute atomic E-state index is 10.7. The summed E-state index contributed by atoms with van der Waals surface area (Å²) in [5.41, 5.74) is 0.583. The van der Waals surface area contributed by atoms with Crippen LogP contribution in [0.25, 0.3) is 0 Å². The molecule has 0 bridgehead atoms. The van der Waals surface area contributed by atoms with Gasteiger partial charge in [-0.3, -0.25) is 4.79 Å². The molecule has 0 saturated heterocycles. The molecule has 0 aliphatic heterocycles. The van der Waals surface area contributed by atoms with Crippen LogP contribution < -0.4 is 5.32 Å². The van der Waals surface area contributed by atoms with Crippen LogP contribution in [-0.2, 0) is 11.2 Å². The quantitative estimate of drug-likeness (QED) is 0.595. The molecule has 1 rings (SSSR count). The molecule has 100 valence electrons. The molecule has 4 N–H and O–H groups in total. The molecular weight excluding hydrogens is 258 g/mol. The minimum absolute atomic E-state index is 0.0718. The summed E-state index contributed by atoms with van der Waals surface area (Å²) in [5.74, 6) is -0.854. The second kappa shape index (κ2) is 7.20. The highest BCUT2D eigenvalue weighted by molar-refractivity contribution is 6.30.